The molecule has 0 atom stereocenters. The summed E-state index contributed by atoms with van der Waals surface area (Å²) in [6.45, 7) is 5.30. The van der Waals surface area contributed by atoms with Crippen molar-refractivity contribution < 1.29 is 17.9 Å². The molecule has 0 aliphatic rings. The van der Waals surface area contributed by atoms with E-state index < -0.39 is 17.2 Å². The molecule has 0 N–H and O–H groups in total. The Hall–Kier alpha value is -1.08. The minimum atomic E-state index is -4.55. The van der Waals surface area contributed by atoms with E-state index in [9.17, 15) is 13.2 Å². The molecule has 0 saturated carbocycles. The van der Waals surface area contributed by atoms with E-state index in [-0.39, 0.29) is 11.7 Å². The molecule has 0 bridgehead atoms. The van der Waals surface area contributed by atoms with Gasteiger partial charge < -0.3 is 9.64 Å². The summed E-state index contributed by atoms with van der Waals surface area (Å²) in [5.74, 6) is 0.415. The molecule has 0 aliphatic heterocycles. The van der Waals surface area contributed by atoms with Crippen molar-refractivity contribution in [1.29, 1.82) is 0 Å². The zero-order chi connectivity index (χ0) is 15.3. The molecule has 8 heteroatoms. The van der Waals surface area contributed by atoms with Crippen LogP contribution in [0.4, 0.5) is 19.0 Å². The number of alkyl halides is 3. The van der Waals surface area contributed by atoms with Crippen molar-refractivity contribution in [3.63, 3.8) is 0 Å². The number of hydrogen-bond acceptors (Lipinski definition) is 4. The van der Waals surface area contributed by atoms with Crippen LogP contribution >= 0.6 is 11.6 Å². The smallest absolute Gasteiger partial charge is 0.383 e. The van der Waals surface area contributed by atoms with Gasteiger partial charge in [-0.3, -0.25) is 0 Å². The van der Waals surface area contributed by atoms with E-state index in [0.717, 1.165) is 6.07 Å². The van der Waals surface area contributed by atoms with Crippen LogP contribution in [0.15, 0.2) is 6.07 Å². The Kier molecular flexibility index (Phi) is 6.01. The fourth-order valence-corrected chi connectivity index (χ4v) is 1.83. The molecular formula is C12H17ClF3N3O. The van der Waals surface area contributed by atoms with Crippen LogP contribution in [0.25, 0.3) is 0 Å². The van der Waals surface area contributed by atoms with Gasteiger partial charge in [-0.25, -0.2) is 9.97 Å². The van der Waals surface area contributed by atoms with E-state index in [2.05, 4.69) is 9.97 Å². The normalized spacial score (nSPS) is 12.0. The Morgan fingerprint density at radius 1 is 1.35 bits per heavy atom. The fraction of sp³-hybridized carbons (Fsp3) is 0.667. The summed E-state index contributed by atoms with van der Waals surface area (Å²) in [4.78, 5) is 8.80. The first kappa shape index (κ1) is 17.0. The quantitative estimate of drug-likeness (QED) is 0.756. The second-order valence-corrected chi connectivity index (χ2v) is 5.05. The lowest BCUT2D eigenvalue weighted by Gasteiger charge is -2.25. The van der Waals surface area contributed by atoms with E-state index in [4.69, 9.17) is 16.3 Å². The lowest BCUT2D eigenvalue weighted by atomic mass is 10.2. The summed E-state index contributed by atoms with van der Waals surface area (Å²) in [6.07, 6.45) is -4.55. The molecule has 4 nitrogen and oxygen atoms in total. The number of anilines is 1. The van der Waals surface area contributed by atoms with Gasteiger partial charge in [-0.2, -0.15) is 13.2 Å². The summed E-state index contributed by atoms with van der Waals surface area (Å²) in [5.41, 5.74) is -1.04. The number of methoxy groups -OCH3 is 1. The fourth-order valence-electron chi connectivity index (χ4n) is 1.65. The molecule has 0 radical (unpaired) electrons. The average Bonchev–Trinajstić information content (AvgIpc) is 2.32. The van der Waals surface area contributed by atoms with E-state index in [0.29, 0.717) is 19.7 Å². The molecule has 20 heavy (non-hydrogen) atoms. The summed E-state index contributed by atoms with van der Waals surface area (Å²) in [5, 5.41) is -0.416. The highest BCUT2D eigenvalue weighted by atomic mass is 35.5. The van der Waals surface area contributed by atoms with Gasteiger partial charge >= 0.3 is 6.18 Å². The van der Waals surface area contributed by atoms with Gasteiger partial charge in [0.25, 0.3) is 0 Å². The van der Waals surface area contributed by atoms with E-state index >= 15 is 0 Å². The number of ether oxygens (including phenoxy) is 1. The highest BCUT2D eigenvalue weighted by Crippen LogP contribution is 2.30. The van der Waals surface area contributed by atoms with Crippen LogP contribution in [-0.2, 0) is 10.9 Å². The van der Waals surface area contributed by atoms with Gasteiger partial charge in [0.2, 0.25) is 5.28 Å². The Morgan fingerprint density at radius 2 is 2.00 bits per heavy atom. The highest BCUT2D eigenvalue weighted by Gasteiger charge is 2.34. The molecule has 0 saturated heterocycles. The van der Waals surface area contributed by atoms with Crippen molar-refractivity contribution in [2.24, 2.45) is 5.92 Å². The molecule has 0 aliphatic carbocycles. The third-order valence-corrected chi connectivity index (χ3v) is 2.62. The summed E-state index contributed by atoms with van der Waals surface area (Å²) in [7, 11) is 1.53. The molecule has 1 heterocycles. The predicted molar refractivity (Wildman–Crippen MR) is 71.0 cm³/mol. The third-order valence-electron chi connectivity index (χ3n) is 2.45. The molecular weight excluding hydrogens is 295 g/mol. The predicted octanol–water partition coefficient (Wildman–Crippen LogP) is 3.26. The Labute approximate surface area is 120 Å². The first-order valence-corrected chi connectivity index (χ1v) is 6.47. The van der Waals surface area contributed by atoms with Crippen LogP contribution < -0.4 is 4.90 Å². The minimum absolute atomic E-state index is 0.156. The van der Waals surface area contributed by atoms with E-state index in [1.165, 1.54) is 7.11 Å². The average molecular weight is 312 g/mol. The largest absolute Gasteiger partial charge is 0.433 e. The van der Waals surface area contributed by atoms with Crippen molar-refractivity contribution in [1.82, 2.24) is 9.97 Å². The molecule has 0 aromatic carbocycles. The number of aromatic nitrogens is 2. The topological polar surface area (TPSA) is 38.2 Å². The number of rotatable bonds is 6. The molecule has 1 aromatic rings. The maximum Gasteiger partial charge on any atom is 0.433 e. The lowest BCUT2D eigenvalue weighted by molar-refractivity contribution is -0.141. The van der Waals surface area contributed by atoms with E-state index in [1.54, 1.807) is 4.90 Å². The van der Waals surface area contributed by atoms with Crippen LogP contribution in [0.2, 0.25) is 5.28 Å². The van der Waals surface area contributed by atoms with Crippen LogP contribution in [-0.4, -0.2) is 36.8 Å². The van der Waals surface area contributed by atoms with Gasteiger partial charge in [0.15, 0.2) is 5.69 Å². The summed E-state index contributed by atoms with van der Waals surface area (Å²) < 4.78 is 43.2. The Balaban J connectivity index is 3.08. The first-order chi connectivity index (χ1) is 9.24. The molecule has 0 spiro atoms. The number of halogens is 4. The maximum absolute atomic E-state index is 12.7. The van der Waals surface area contributed by atoms with Crippen LogP contribution in [0.5, 0.6) is 0 Å². The molecule has 0 unspecified atom stereocenters. The van der Waals surface area contributed by atoms with Crippen molar-refractivity contribution in [2.75, 3.05) is 31.7 Å². The van der Waals surface area contributed by atoms with Crippen molar-refractivity contribution in [2.45, 2.75) is 20.0 Å². The van der Waals surface area contributed by atoms with Gasteiger partial charge in [0, 0.05) is 26.3 Å². The van der Waals surface area contributed by atoms with E-state index in [1.807, 2.05) is 13.8 Å². The molecule has 0 fully saturated rings. The minimum Gasteiger partial charge on any atom is -0.383 e. The molecule has 1 rings (SSSR count). The summed E-state index contributed by atoms with van der Waals surface area (Å²) in [6, 6.07) is 0.907. The van der Waals surface area contributed by atoms with Crippen molar-refractivity contribution >= 4 is 17.4 Å². The highest BCUT2D eigenvalue weighted by molar-refractivity contribution is 6.28. The third kappa shape index (κ3) is 5.13. The molecule has 114 valence electrons. The Bertz CT molecular complexity index is 440. The van der Waals surface area contributed by atoms with Gasteiger partial charge in [0.1, 0.15) is 5.82 Å². The lowest BCUT2D eigenvalue weighted by Crippen LogP contribution is -2.32. The first-order valence-electron chi connectivity index (χ1n) is 6.09. The molecule has 1 aromatic heterocycles. The van der Waals surface area contributed by atoms with Gasteiger partial charge in [0.05, 0.1) is 6.61 Å². The molecule has 0 amide bonds. The number of nitrogens with zero attached hydrogens (tertiary/aromatic N) is 3. The number of hydrogen-bond donors (Lipinski definition) is 0. The van der Waals surface area contributed by atoms with Crippen molar-refractivity contribution in [3.05, 3.63) is 17.0 Å². The zero-order valence-corrected chi connectivity index (χ0v) is 12.3. The maximum atomic E-state index is 12.7. The SMILES string of the molecule is COCCN(CC(C)C)c1cc(C(F)(F)F)nc(Cl)n1. The van der Waals surface area contributed by atoms with Crippen LogP contribution in [0.1, 0.15) is 19.5 Å². The second kappa shape index (κ2) is 7.08. The zero-order valence-electron chi connectivity index (χ0n) is 11.5. The Morgan fingerprint density at radius 3 is 2.50 bits per heavy atom. The van der Waals surface area contributed by atoms with Crippen molar-refractivity contribution in [3.8, 4) is 0 Å². The van der Waals surface area contributed by atoms with Gasteiger partial charge in [-0.15, -0.1) is 0 Å². The van der Waals surface area contributed by atoms with Gasteiger partial charge in [-0.05, 0) is 17.5 Å². The second-order valence-electron chi connectivity index (χ2n) is 4.71. The van der Waals surface area contributed by atoms with Crippen LogP contribution in [0, 0.1) is 5.92 Å². The van der Waals surface area contributed by atoms with Gasteiger partial charge in [-0.1, -0.05) is 13.8 Å². The van der Waals surface area contributed by atoms with Crippen LogP contribution in [0.3, 0.4) is 0 Å². The standard InChI is InChI=1S/C12H17ClF3N3O/c1-8(2)7-19(4-5-20-3)10-6-9(12(14,15)16)17-11(13)18-10/h6,8H,4-5,7H2,1-3H3. The monoisotopic (exact) mass is 311 g/mol. The summed E-state index contributed by atoms with van der Waals surface area (Å²) >= 11 is 5.59.